The first-order valence-electron chi connectivity index (χ1n) is 3.96. The van der Waals surface area contributed by atoms with Gasteiger partial charge in [-0.15, -0.1) is 0 Å². The maximum atomic E-state index is 11.2. The van der Waals surface area contributed by atoms with Gasteiger partial charge in [0.15, 0.2) is 0 Å². The van der Waals surface area contributed by atoms with Crippen LogP contribution in [0.5, 0.6) is 0 Å². The normalized spacial score (nSPS) is 22.4. The largest absolute Gasteiger partial charge is 0.769 e. The van der Waals surface area contributed by atoms with Gasteiger partial charge in [0, 0.05) is 4.47 Å². The van der Waals surface area contributed by atoms with E-state index in [-0.39, 0.29) is 5.91 Å². The van der Waals surface area contributed by atoms with E-state index >= 15 is 0 Å². The van der Waals surface area contributed by atoms with Crippen molar-refractivity contribution in [1.29, 1.82) is 0 Å². The number of halogens is 1. The van der Waals surface area contributed by atoms with Crippen molar-refractivity contribution in [2.45, 2.75) is 6.04 Å². The summed E-state index contributed by atoms with van der Waals surface area (Å²) in [5.41, 5.74) is 5.10. The van der Waals surface area contributed by atoms with Crippen LogP contribution >= 0.6 is 15.9 Å². The zero-order valence-corrected chi connectivity index (χ0v) is 8.61. The maximum absolute atomic E-state index is 11.2. The minimum absolute atomic E-state index is 0.345. The second kappa shape index (κ2) is 3.66. The van der Waals surface area contributed by atoms with Crippen LogP contribution in [0.15, 0.2) is 28.7 Å². The third kappa shape index (κ3) is 1.64. The number of hydrazine groups is 2. The quantitative estimate of drug-likeness (QED) is 0.782. The molecular weight excluding hydrogens is 250 g/mol. The molecule has 1 amide bonds. The highest BCUT2D eigenvalue weighted by atomic mass is 79.9. The van der Waals surface area contributed by atoms with Crippen LogP contribution in [-0.2, 0) is 4.79 Å². The number of amides is 1. The van der Waals surface area contributed by atoms with Crippen LogP contribution in [0.1, 0.15) is 11.6 Å². The molecule has 2 N–H and O–H groups in total. The fourth-order valence-corrected chi connectivity index (χ4v) is 1.55. The van der Waals surface area contributed by atoms with Crippen molar-refractivity contribution < 1.29 is 4.79 Å². The molecule has 0 aromatic heterocycles. The molecule has 1 aliphatic heterocycles. The predicted molar refractivity (Wildman–Crippen MR) is 53.4 cm³/mol. The lowest BCUT2D eigenvalue weighted by Crippen LogP contribution is -2.32. The zero-order chi connectivity index (χ0) is 10.1. The van der Waals surface area contributed by atoms with E-state index in [0.29, 0.717) is 10.7 Å². The van der Waals surface area contributed by atoms with Crippen LogP contribution < -0.4 is 11.0 Å². The summed E-state index contributed by atoms with van der Waals surface area (Å²) in [5, 5.41) is 11.7. The number of hydrogen-bond acceptors (Lipinski definition) is 4. The summed E-state index contributed by atoms with van der Waals surface area (Å²) < 4.78 is 0.907. The SMILES string of the molecule is O=C1NNN([O-])C1c1ccc(Br)cc1. The van der Waals surface area contributed by atoms with Gasteiger partial charge in [-0.25, -0.2) is 0 Å². The number of carbonyl (C=O) groups excluding carboxylic acids is 1. The number of nitrogens with one attached hydrogen (secondary N) is 2. The second-order valence-electron chi connectivity index (χ2n) is 2.88. The molecule has 0 aliphatic carbocycles. The average Bonchev–Trinajstić information content (AvgIpc) is 2.49. The molecular formula is C8H7BrN3O2-. The van der Waals surface area contributed by atoms with E-state index in [2.05, 4.69) is 26.9 Å². The number of nitrogens with zero attached hydrogens (tertiary/aromatic N) is 1. The molecule has 0 bridgehead atoms. The van der Waals surface area contributed by atoms with Gasteiger partial charge in [0.2, 0.25) is 0 Å². The predicted octanol–water partition coefficient (Wildman–Crippen LogP) is 0.839. The molecule has 1 aromatic carbocycles. The first-order valence-corrected chi connectivity index (χ1v) is 4.75. The van der Waals surface area contributed by atoms with Crippen molar-refractivity contribution in [1.82, 2.24) is 16.1 Å². The van der Waals surface area contributed by atoms with Gasteiger partial charge in [-0.3, -0.25) is 15.4 Å². The summed E-state index contributed by atoms with van der Waals surface area (Å²) in [6.07, 6.45) is 0. The number of hydrogen-bond donors (Lipinski definition) is 2. The zero-order valence-electron chi connectivity index (χ0n) is 7.03. The third-order valence-electron chi connectivity index (χ3n) is 1.96. The molecule has 5 nitrogen and oxygen atoms in total. The van der Waals surface area contributed by atoms with Gasteiger partial charge in [0.1, 0.15) is 6.04 Å². The lowest BCUT2D eigenvalue weighted by atomic mass is 10.1. The van der Waals surface area contributed by atoms with Crippen molar-refractivity contribution in [2.75, 3.05) is 0 Å². The minimum Gasteiger partial charge on any atom is -0.769 e. The van der Waals surface area contributed by atoms with Crippen LogP contribution in [0.25, 0.3) is 0 Å². The standard InChI is InChI=1S/C8H7BrN3O2/c9-6-3-1-5(2-4-6)7-8(13)10-11-12(7)14/h1-4,7,11H,(H,10,13)/q-1. The Morgan fingerprint density at radius 2 is 2.00 bits per heavy atom. The van der Waals surface area contributed by atoms with E-state index in [1.165, 1.54) is 0 Å². The number of rotatable bonds is 1. The van der Waals surface area contributed by atoms with Crippen LogP contribution in [0.3, 0.4) is 0 Å². The van der Waals surface area contributed by atoms with E-state index in [0.717, 1.165) is 4.47 Å². The molecule has 6 heteroatoms. The van der Waals surface area contributed by atoms with E-state index in [4.69, 9.17) is 0 Å². The molecule has 2 rings (SSSR count). The lowest BCUT2D eigenvalue weighted by Gasteiger charge is -2.26. The van der Waals surface area contributed by atoms with Crippen LogP contribution in [0, 0.1) is 5.21 Å². The summed E-state index contributed by atoms with van der Waals surface area (Å²) in [7, 11) is 0. The van der Waals surface area contributed by atoms with Crippen molar-refractivity contribution in [3.63, 3.8) is 0 Å². The Balaban J connectivity index is 2.30. The van der Waals surface area contributed by atoms with E-state index in [9.17, 15) is 10.0 Å². The third-order valence-corrected chi connectivity index (χ3v) is 2.49. The van der Waals surface area contributed by atoms with Gasteiger partial charge < -0.3 is 5.21 Å². The van der Waals surface area contributed by atoms with Gasteiger partial charge in [-0.05, 0) is 17.7 Å². The van der Waals surface area contributed by atoms with Crippen molar-refractivity contribution >= 4 is 21.8 Å². The van der Waals surface area contributed by atoms with Crippen LogP contribution in [-0.4, -0.2) is 11.1 Å². The number of carbonyl (C=O) groups is 1. The Bertz CT molecular complexity index is 354. The molecule has 1 heterocycles. The van der Waals surface area contributed by atoms with E-state index < -0.39 is 6.04 Å². The van der Waals surface area contributed by atoms with Crippen molar-refractivity contribution in [3.8, 4) is 0 Å². The molecule has 0 saturated carbocycles. The Morgan fingerprint density at radius 3 is 2.50 bits per heavy atom. The number of benzene rings is 1. The van der Waals surface area contributed by atoms with Gasteiger partial charge >= 0.3 is 0 Å². The van der Waals surface area contributed by atoms with Gasteiger partial charge in [0.25, 0.3) is 5.91 Å². The smallest absolute Gasteiger partial charge is 0.257 e. The maximum Gasteiger partial charge on any atom is 0.257 e. The van der Waals surface area contributed by atoms with Gasteiger partial charge in [-0.2, -0.15) is 5.53 Å². The van der Waals surface area contributed by atoms with Crippen molar-refractivity contribution in [3.05, 3.63) is 39.5 Å². The highest BCUT2D eigenvalue weighted by Crippen LogP contribution is 2.22. The van der Waals surface area contributed by atoms with E-state index in [1.54, 1.807) is 24.3 Å². The second-order valence-corrected chi connectivity index (χ2v) is 3.80. The summed E-state index contributed by atoms with van der Waals surface area (Å²) in [5.74, 6) is -0.345. The average molecular weight is 257 g/mol. The summed E-state index contributed by atoms with van der Waals surface area (Å²) in [6.45, 7) is 0. The molecule has 1 aliphatic rings. The topological polar surface area (TPSA) is 67.4 Å². The molecule has 74 valence electrons. The molecule has 0 spiro atoms. The molecule has 14 heavy (non-hydrogen) atoms. The molecule has 0 radical (unpaired) electrons. The Kier molecular flexibility index (Phi) is 2.51. The summed E-state index contributed by atoms with van der Waals surface area (Å²) in [6, 6.07) is 6.23. The first kappa shape index (κ1) is 9.60. The van der Waals surface area contributed by atoms with Crippen LogP contribution in [0.2, 0.25) is 0 Å². The highest BCUT2D eigenvalue weighted by Gasteiger charge is 2.27. The number of hydroxylamine groups is 1. The summed E-state index contributed by atoms with van der Waals surface area (Å²) >= 11 is 3.28. The molecule has 1 atom stereocenters. The van der Waals surface area contributed by atoms with E-state index in [1.807, 2.05) is 0 Å². The molecule has 1 unspecified atom stereocenters. The Labute approximate surface area is 88.7 Å². The molecule has 1 fully saturated rings. The molecule has 1 aromatic rings. The fourth-order valence-electron chi connectivity index (χ4n) is 1.28. The van der Waals surface area contributed by atoms with Gasteiger partial charge in [-0.1, -0.05) is 28.1 Å². The Hall–Kier alpha value is -0.950. The summed E-state index contributed by atoms with van der Waals surface area (Å²) in [4.78, 5) is 11.2. The monoisotopic (exact) mass is 256 g/mol. The fraction of sp³-hybridized carbons (Fsp3) is 0.125. The van der Waals surface area contributed by atoms with Crippen LogP contribution in [0.4, 0.5) is 0 Å². The Morgan fingerprint density at radius 1 is 1.36 bits per heavy atom. The minimum atomic E-state index is -0.803. The lowest BCUT2D eigenvalue weighted by molar-refractivity contribution is -0.121. The van der Waals surface area contributed by atoms with Gasteiger partial charge in [0.05, 0.1) is 0 Å². The molecule has 1 saturated heterocycles. The van der Waals surface area contributed by atoms with Crippen molar-refractivity contribution in [2.24, 2.45) is 0 Å². The first-order chi connectivity index (χ1) is 6.68. The highest BCUT2D eigenvalue weighted by molar-refractivity contribution is 9.10.